The van der Waals surface area contributed by atoms with Gasteiger partial charge in [0.15, 0.2) is 0 Å². The number of nitrogens with zero attached hydrogens (tertiary/aromatic N) is 3. The van der Waals surface area contributed by atoms with Crippen LogP contribution >= 0.6 is 0 Å². The van der Waals surface area contributed by atoms with Crippen molar-refractivity contribution in [3.8, 4) is 5.88 Å². The van der Waals surface area contributed by atoms with Gasteiger partial charge in [0.25, 0.3) is 0 Å². The summed E-state index contributed by atoms with van der Waals surface area (Å²) in [5.74, 6) is 2.75. The first kappa shape index (κ1) is 12.3. The van der Waals surface area contributed by atoms with Crippen molar-refractivity contribution in [1.29, 1.82) is 0 Å². The third-order valence-corrected chi connectivity index (χ3v) is 2.23. The first-order valence-electron chi connectivity index (χ1n) is 5.82. The van der Waals surface area contributed by atoms with E-state index in [1.165, 1.54) is 0 Å². The van der Waals surface area contributed by atoms with Crippen LogP contribution in [0.5, 0.6) is 5.88 Å². The van der Waals surface area contributed by atoms with Crippen molar-refractivity contribution in [3.63, 3.8) is 0 Å². The molecule has 0 aromatic carbocycles. The fraction of sp³-hybridized carbons (Fsp3) is 0.417. The first-order valence-corrected chi connectivity index (χ1v) is 5.82. The van der Waals surface area contributed by atoms with Crippen molar-refractivity contribution in [2.45, 2.75) is 27.3 Å². The standard InChI is InChI=1S/C12H16N4O2/c1-4-17-12-6-11(14-9(3)15-12)13-7-10-5-8(2)18-16-10/h5-6H,4,7H2,1-3H3,(H,13,14,15). The Balaban J connectivity index is 2.04. The van der Waals surface area contributed by atoms with Gasteiger partial charge in [-0.2, -0.15) is 4.98 Å². The Morgan fingerprint density at radius 3 is 2.78 bits per heavy atom. The van der Waals surface area contributed by atoms with Gasteiger partial charge in [-0.25, -0.2) is 4.98 Å². The molecule has 0 unspecified atom stereocenters. The lowest BCUT2D eigenvalue weighted by molar-refractivity contribution is 0.325. The summed E-state index contributed by atoms with van der Waals surface area (Å²) in [5, 5.41) is 7.06. The summed E-state index contributed by atoms with van der Waals surface area (Å²) in [6.07, 6.45) is 0. The summed E-state index contributed by atoms with van der Waals surface area (Å²) in [6.45, 7) is 6.74. The molecule has 0 aliphatic rings. The van der Waals surface area contributed by atoms with Gasteiger partial charge in [0.2, 0.25) is 5.88 Å². The Hall–Kier alpha value is -2.11. The maximum atomic E-state index is 5.36. The predicted molar refractivity (Wildman–Crippen MR) is 66.5 cm³/mol. The zero-order valence-corrected chi connectivity index (χ0v) is 10.7. The number of anilines is 1. The second-order valence-corrected chi connectivity index (χ2v) is 3.85. The van der Waals surface area contributed by atoms with Crippen molar-refractivity contribution in [1.82, 2.24) is 15.1 Å². The van der Waals surface area contributed by atoms with Gasteiger partial charge in [0, 0.05) is 12.1 Å². The molecule has 6 heteroatoms. The molecule has 0 aliphatic heterocycles. The van der Waals surface area contributed by atoms with E-state index in [0.717, 1.165) is 11.5 Å². The average Bonchev–Trinajstić information content (AvgIpc) is 2.72. The minimum atomic E-state index is 0.555. The van der Waals surface area contributed by atoms with E-state index >= 15 is 0 Å². The monoisotopic (exact) mass is 248 g/mol. The SMILES string of the molecule is CCOc1cc(NCc2cc(C)on2)nc(C)n1. The van der Waals surface area contributed by atoms with E-state index in [2.05, 4.69) is 20.4 Å². The van der Waals surface area contributed by atoms with Gasteiger partial charge in [-0.15, -0.1) is 0 Å². The second-order valence-electron chi connectivity index (χ2n) is 3.85. The third-order valence-electron chi connectivity index (χ3n) is 2.23. The van der Waals surface area contributed by atoms with Crippen molar-refractivity contribution in [3.05, 3.63) is 29.4 Å². The van der Waals surface area contributed by atoms with Crippen LogP contribution in [-0.2, 0) is 6.54 Å². The van der Waals surface area contributed by atoms with Crippen LogP contribution in [-0.4, -0.2) is 21.7 Å². The van der Waals surface area contributed by atoms with Crippen LogP contribution in [0.4, 0.5) is 5.82 Å². The highest BCUT2D eigenvalue weighted by molar-refractivity contribution is 5.38. The molecular weight excluding hydrogens is 232 g/mol. The van der Waals surface area contributed by atoms with Crippen molar-refractivity contribution in [2.24, 2.45) is 0 Å². The van der Waals surface area contributed by atoms with Crippen LogP contribution in [0.2, 0.25) is 0 Å². The molecule has 96 valence electrons. The molecule has 2 heterocycles. The summed E-state index contributed by atoms with van der Waals surface area (Å²) in [4.78, 5) is 8.45. The molecule has 2 aromatic rings. The smallest absolute Gasteiger partial charge is 0.218 e. The lowest BCUT2D eigenvalue weighted by Crippen LogP contribution is -2.05. The molecule has 0 atom stereocenters. The van der Waals surface area contributed by atoms with Gasteiger partial charge in [0.1, 0.15) is 23.1 Å². The van der Waals surface area contributed by atoms with Crippen molar-refractivity contribution in [2.75, 3.05) is 11.9 Å². The zero-order valence-electron chi connectivity index (χ0n) is 10.7. The number of rotatable bonds is 5. The van der Waals surface area contributed by atoms with E-state index in [1.807, 2.05) is 26.8 Å². The minimum Gasteiger partial charge on any atom is -0.478 e. The molecule has 2 rings (SSSR count). The first-order chi connectivity index (χ1) is 8.67. The topological polar surface area (TPSA) is 73.1 Å². The Labute approximate surface area is 105 Å². The molecule has 0 amide bonds. The number of aromatic nitrogens is 3. The number of hydrogen-bond acceptors (Lipinski definition) is 6. The fourth-order valence-corrected chi connectivity index (χ4v) is 1.54. The maximum Gasteiger partial charge on any atom is 0.218 e. The molecule has 0 aliphatic carbocycles. The predicted octanol–water partition coefficient (Wildman–Crippen LogP) is 2.09. The van der Waals surface area contributed by atoms with Gasteiger partial charge in [-0.3, -0.25) is 0 Å². The normalized spacial score (nSPS) is 10.4. The van der Waals surface area contributed by atoms with Gasteiger partial charge in [-0.05, 0) is 20.8 Å². The van der Waals surface area contributed by atoms with Crippen LogP contribution in [0, 0.1) is 13.8 Å². The molecule has 0 spiro atoms. The van der Waals surface area contributed by atoms with E-state index in [4.69, 9.17) is 9.26 Å². The van der Waals surface area contributed by atoms with Crippen LogP contribution in [0.3, 0.4) is 0 Å². The van der Waals surface area contributed by atoms with E-state index in [0.29, 0.717) is 30.7 Å². The van der Waals surface area contributed by atoms with E-state index in [9.17, 15) is 0 Å². The fourth-order valence-electron chi connectivity index (χ4n) is 1.54. The quantitative estimate of drug-likeness (QED) is 0.873. The molecule has 0 fully saturated rings. The highest BCUT2D eigenvalue weighted by Crippen LogP contribution is 2.14. The number of aryl methyl sites for hydroxylation is 2. The van der Waals surface area contributed by atoms with Crippen LogP contribution in [0.1, 0.15) is 24.2 Å². The van der Waals surface area contributed by atoms with Crippen molar-refractivity contribution >= 4 is 5.82 Å². The lowest BCUT2D eigenvalue weighted by Gasteiger charge is -2.07. The summed E-state index contributed by atoms with van der Waals surface area (Å²) in [5.41, 5.74) is 0.835. The molecule has 6 nitrogen and oxygen atoms in total. The van der Waals surface area contributed by atoms with Crippen LogP contribution < -0.4 is 10.1 Å². The highest BCUT2D eigenvalue weighted by Gasteiger charge is 2.04. The van der Waals surface area contributed by atoms with Crippen LogP contribution in [0.25, 0.3) is 0 Å². The Morgan fingerprint density at radius 2 is 2.11 bits per heavy atom. The molecule has 0 saturated heterocycles. The van der Waals surface area contributed by atoms with Crippen LogP contribution in [0.15, 0.2) is 16.7 Å². The number of nitrogens with one attached hydrogen (secondary N) is 1. The van der Waals surface area contributed by atoms with E-state index in [1.54, 1.807) is 6.07 Å². The summed E-state index contributed by atoms with van der Waals surface area (Å²) in [7, 11) is 0. The lowest BCUT2D eigenvalue weighted by atomic mass is 10.4. The second kappa shape index (κ2) is 5.48. The Morgan fingerprint density at radius 1 is 1.28 bits per heavy atom. The highest BCUT2D eigenvalue weighted by atomic mass is 16.5. The minimum absolute atomic E-state index is 0.555. The maximum absolute atomic E-state index is 5.36. The number of hydrogen-bond donors (Lipinski definition) is 1. The summed E-state index contributed by atoms with van der Waals surface area (Å²) >= 11 is 0. The van der Waals surface area contributed by atoms with E-state index < -0.39 is 0 Å². The van der Waals surface area contributed by atoms with Gasteiger partial charge >= 0.3 is 0 Å². The molecular formula is C12H16N4O2. The van der Waals surface area contributed by atoms with Gasteiger partial charge in [-0.1, -0.05) is 5.16 Å². The summed E-state index contributed by atoms with van der Waals surface area (Å²) in [6, 6.07) is 3.65. The Kier molecular flexibility index (Phi) is 3.76. The average molecular weight is 248 g/mol. The van der Waals surface area contributed by atoms with E-state index in [-0.39, 0.29) is 0 Å². The molecule has 0 bridgehead atoms. The number of ether oxygens (including phenoxy) is 1. The zero-order chi connectivity index (χ0) is 13.0. The Bertz CT molecular complexity index is 525. The molecule has 0 saturated carbocycles. The van der Waals surface area contributed by atoms with Crippen molar-refractivity contribution < 1.29 is 9.26 Å². The molecule has 18 heavy (non-hydrogen) atoms. The molecule has 0 radical (unpaired) electrons. The van der Waals surface area contributed by atoms with Gasteiger partial charge < -0.3 is 14.6 Å². The third kappa shape index (κ3) is 3.19. The van der Waals surface area contributed by atoms with Gasteiger partial charge in [0.05, 0.1) is 13.2 Å². The molecule has 1 N–H and O–H groups in total. The largest absolute Gasteiger partial charge is 0.478 e. The summed E-state index contributed by atoms with van der Waals surface area (Å²) < 4.78 is 10.3. The molecule has 2 aromatic heterocycles.